The Hall–Kier alpha value is -0.670. The van der Waals surface area contributed by atoms with Gasteiger partial charge in [0.2, 0.25) is 0 Å². The predicted octanol–water partition coefficient (Wildman–Crippen LogP) is 7.78. The van der Waals surface area contributed by atoms with E-state index in [0.717, 1.165) is 24.0 Å². The summed E-state index contributed by atoms with van der Waals surface area (Å²) >= 11 is 0. The van der Waals surface area contributed by atoms with Crippen LogP contribution in [0.15, 0.2) is 17.1 Å². The standard InChI is InChI=1S/C27H53N2O/c1-4-6-7-8-9-10-11-12-13-14-15-16-17-18-19-20-21-22-23-27-28-24-25-29(27,5-2)26(3)30/h13-14,24,26-27,30H,4-12,15-23,25H2,1-3H3/q+1/b14-13+. The zero-order chi connectivity index (χ0) is 21.9. The summed E-state index contributed by atoms with van der Waals surface area (Å²) in [5.74, 6) is 0. The van der Waals surface area contributed by atoms with Crippen LogP contribution in [0.4, 0.5) is 0 Å². The first kappa shape index (κ1) is 27.4. The van der Waals surface area contributed by atoms with E-state index in [1.165, 1.54) is 103 Å². The van der Waals surface area contributed by atoms with Crippen molar-refractivity contribution >= 4 is 6.21 Å². The van der Waals surface area contributed by atoms with Crippen LogP contribution >= 0.6 is 0 Å². The van der Waals surface area contributed by atoms with Crippen LogP contribution in [-0.2, 0) is 0 Å². The van der Waals surface area contributed by atoms with Gasteiger partial charge in [-0.3, -0.25) is 4.48 Å². The number of hydrogen-bond donors (Lipinski definition) is 1. The summed E-state index contributed by atoms with van der Waals surface area (Å²) in [5.41, 5.74) is 0. The third-order valence-corrected chi connectivity index (χ3v) is 7.10. The molecule has 3 atom stereocenters. The van der Waals surface area contributed by atoms with Crippen molar-refractivity contribution in [3.63, 3.8) is 0 Å². The van der Waals surface area contributed by atoms with Crippen molar-refractivity contribution in [2.24, 2.45) is 4.99 Å². The Bertz CT molecular complexity index is 446. The molecule has 0 aliphatic carbocycles. The van der Waals surface area contributed by atoms with Gasteiger partial charge in [0.05, 0.1) is 12.8 Å². The molecule has 0 radical (unpaired) electrons. The lowest BCUT2D eigenvalue weighted by Gasteiger charge is -2.40. The number of hydrogen-bond acceptors (Lipinski definition) is 2. The second kappa shape index (κ2) is 18.0. The van der Waals surface area contributed by atoms with Gasteiger partial charge in [0.1, 0.15) is 6.54 Å². The van der Waals surface area contributed by atoms with Crippen molar-refractivity contribution in [2.45, 2.75) is 142 Å². The maximum absolute atomic E-state index is 10.2. The van der Waals surface area contributed by atoms with E-state index in [9.17, 15) is 5.11 Å². The van der Waals surface area contributed by atoms with E-state index < -0.39 is 0 Å². The van der Waals surface area contributed by atoms with Crippen LogP contribution in [0.25, 0.3) is 0 Å². The molecule has 30 heavy (non-hydrogen) atoms. The Kier molecular flexibility index (Phi) is 16.4. The first-order valence-corrected chi connectivity index (χ1v) is 13.4. The highest BCUT2D eigenvalue weighted by Crippen LogP contribution is 2.26. The normalized spacial score (nSPS) is 22.3. The van der Waals surface area contributed by atoms with Gasteiger partial charge in [-0.2, -0.15) is 0 Å². The molecule has 1 N–H and O–H groups in total. The lowest BCUT2D eigenvalue weighted by molar-refractivity contribution is -0.976. The molecule has 3 unspecified atom stereocenters. The van der Waals surface area contributed by atoms with E-state index in [-0.39, 0.29) is 12.4 Å². The van der Waals surface area contributed by atoms with E-state index in [2.05, 4.69) is 31.0 Å². The van der Waals surface area contributed by atoms with Crippen LogP contribution in [0.1, 0.15) is 130 Å². The smallest absolute Gasteiger partial charge is 0.189 e. The summed E-state index contributed by atoms with van der Waals surface area (Å²) < 4.78 is 0.743. The summed E-state index contributed by atoms with van der Waals surface area (Å²) in [6.45, 7) is 8.26. The molecular weight excluding hydrogens is 368 g/mol. The molecule has 0 fully saturated rings. The van der Waals surface area contributed by atoms with Gasteiger partial charge in [-0.1, -0.05) is 89.7 Å². The van der Waals surface area contributed by atoms with Crippen molar-refractivity contribution in [3.8, 4) is 0 Å². The van der Waals surface area contributed by atoms with Crippen molar-refractivity contribution < 1.29 is 9.59 Å². The number of unbranched alkanes of at least 4 members (excludes halogenated alkanes) is 14. The summed E-state index contributed by atoms with van der Waals surface area (Å²) in [6.07, 6.45) is 29.8. The van der Waals surface area contributed by atoms with Gasteiger partial charge >= 0.3 is 0 Å². The highest BCUT2D eigenvalue weighted by Gasteiger charge is 2.41. The number of rotatable bonds is 20. The Labute approximate surface area is 188 Å². The van der Waals surface area contributed by atoms with Gasteiger partial charge < -0.3 is 5.11 Å². The van der Waals surface area contributed by atoms with E-state index in [0.29, 0.717) is 0 Å². The molecular formula is C27H53N2O+. The van der Waals surface area contributed by atoms with Crippen LogP contribution < -0.4 is 0 Å². The molecule has 0 bridgehead atoms. The first-order valence-electron chi connectivity index (χ1n) is 13.4. The summed E-state index contributed by atoms with van der Waals surface area (Å²) in [5, 5.41) is 10.2. The summed E-state index contributed by atoms with van der Waals surface area (Å²) in [6, 6.07) is 0. The molecule has 0 amide bonds. The molecule has 1 aliphatic rings. The maximum Gasteiger partial charge on any atom is 0.189 e. The number of nitrogens with zero attached hydrogens (tertiary/aromatic N) is 2. The Morgan fingerprint density at radius 1 is 0.833 bits per heavy atom. The topological polar surface area (TPSA) is 32.6 Å². The second-order valence-corrected chi connectivity index (χ2v) is 9.48. The Morgan fingerprint density at radius 3 is 1.83 bits per heavy atom. The molecule has 3 heteroatoms. The van der Waals surface area contributed by atoms with Gasteiger partial charge in [0.25, 0.3) is 0 Å². The summed E-state index contributed by atoms with van der Waals surface area (Å²) in [7, 11) is 0. The minimum absolute atomic E-state index is 0.280. The SMILES string of the molecule is CCCCCCCCC/C=C/CCCCCCCCCC1N=CC[N+]1(CC)C(C)O. The monoisotopic (exact) mass is 421 g/mol. The zero-order valence-electron chi connectivity index (χ0n) is 20.7. The zero-order valence-corrected chi connectivity index (χ0v) is 20.7. The van der Waals surface area contributed by atoms with Gasteiger partial charge in [-0.25, -0.2) is 4.99 Å². The molecule has 3 nitrogen and oxygen atoms in total. The van der Waals surface area contributed by atoms with Crippen LogP contribution in [0.5, 0.6) is 0 Å². The number of quaternary nitrogens is 1. The highest BCUT2D eigenvalue weighted by atomic mass is 16.3. The Morgan fingerprint density at radius 2 is 1.33 bits per heavy atom. The van der Waals surface area contributed by atoms with Crippen molar-refractivity contribution in [1.29, 1.82) is 0 Å². The molecule has 1 heterocycles. The van der Waals surface area contributed by atoms with Crippen LogP contribution in [-0.4, -0.2) is 41.3 Å². The quantitative estimate of drug-likeness (QED) is 0.121. The number of aliphatic imine (C=N–C) groups is 1. The molecule has 0 aromatic heterocycles. The van der Waals surface area contributed by atoms with Gasteiger partial charge in [0, 0.05) is 13.3 Å². The lowest BCUT2D eigenvalue weighted by Crippen LogP contribution is -2.57. The number of aliphatic hydroxyl groups is 1. The molecule has 0 spiro atoms. The largest absolute Gasteiger partial charge is 0.345 e. The van der Waals surface area contributed by atoms with E-state index in [4.69, 9.17) is 0 Å². The fraction of sp³-hybridized carbons (Fsp3) is 0.889. The molecule has 0 saturated heterocycles. The highest BCUT2D eigenvalue weighted by molar-refractivity contribution is 5.60. The summed E-state index contributed by atoms with van der Waals surface area (Å²) in [4.78, 5) is 4.68. The Balaban J connectivity index is 1.87. The van der Waals surface area contributed by atoms with E-state index in [1.54, 1.807) is 0 Å². The molecule has 0 aromatic rings. The molecule has 0 aromatic carbocycles. The fourth-order valence-corrected chi connectivity index (χ4v) is 4.84. The van der Waals surface area contributed by atoms with Gasteiger partial charge in [0.15, 0.2) is 12.4 Å². The molecule has 0 saturated carbocycles. The fourth-order valence-electron chi connectivity index (χ4n) is 4.84. The molecule has 1 rings (SSSR count). The van der Waals surface area contributed by atoms with Crippen molar-refractivity contribution in [2.75, 3.05) is 13.1 Å². The van der Waals surface area contributed by atoms with Crippen LogP contribution in [0.2, 0.25) is 0 Å². The maximum atomic E-state index is 10.2. The van der Waals surface area contributed by atoms with Crippen molar-refractivity contribution in [3.05, 3.63) is 12.2 Å². The van der Waals surface area contributed by atoms with Crippen LogP contribution in [0.3, 0.4) is 0 Å². The van der Waals surface area contributed by atoms with Crippen LogP contribution in [0, 0.1) is 0 Å². The molecule has 176 valence electrons. The predicted molar refractivity (Wildman–Crippen MR) is 133 cm³/mol. The van der Waals surface area contributed by atoms with Crippen molar-refractivity contribution in [1.82, 2.24) is 0 Å². The minimum atomic E-state index is -0.313. The number of aliphatic hydroxyl groups excluding tert-OH is 1. The van der Waals surface area contributed by atoms with Gasteiger partial charge in [-0.15, -0.1) is 0 Å². The molecule has 1 aliphatic heterocycles. The van der Waals surface area contributed by atoms with Gasteiger partial charge in [-0.05, 0) is 39.0 Å². The second-order valence-electron chi connectivity index (χ2n) is 9.48. The van der Waals surface area contributed by atoms with E-state index >= 15 is 0 Å². The van der Waals surface area contributed by atoms with E-state index in [1.807, 2.05) is 13.1 Å². The average molecular weight is 422 g/mol. The minimum Gasteiger partial charge on any atom is -0.345 e. The number of allylic oxidation sites excluding steroid dienone is 2. The third-order valence-electron chi connectivity index (χ3n) is 7.10. The lowest BCUT2D eigenvalue weighted by atomic mass is 10.1. The first-order chi connectivity index (χ1) is 14.7. The third kappa shape index (κ3) is 11.1. The average Bonchev–Trinajstić information content (AvgIpc) is 3.17.